The van der Waals surface area contributed by atoms with Crippen molar-refractivity contribution in [2.45, 2.75) is 57.7 Å². The highest BCUT2D eigenvalue weighted by Gasteiger charge is 2.23. The van der Waals surface area contributed by atoms with Crippen LogP contribution in [0.5, 0.6) is 0 Å². The van der Waals surface area contributed by atoms with Crippen LogP contribution in [0.3, 0.4) is 0 Å². The molecule has 2 radical (unpaired) electrons. The van der Waals surface area contributed by atoms with Crippen molar-refractivity contribution in [1.82, 2.24) is 0 Å². The highest BCUT2D eigenvalue weighted by Crippen LogP contribution is 2.24. The van der Waals surface area contributed by atoms with E-state index in [1.54, 1.807) is 7.11 Å². The molecule has 2 N–H and O–H groups in total. The van der Waals surface area contributed by atoms with Gasteiger partial charge in [0.05, 0.1) is 14.0 Å². The fraction of sp³-hybridized carbons (Fsp3) is 1.00. The van der Waals surface area contributed by atoms with Crippen molar-refractivity contribution in [3.63, 3.8) is 0 Å². The molecule has 0 saturated heterocycles. The number of hydrogen-bond donors (Lipinski definition) is 1. The second kappa shape index (κ2) is 5.87. The lowest BCUT2D eigenvalue weighted by Crippen LogP contribution is -2.42. The third-order valence-electron chi connectivity index (χ3n) is 2.27. The van der Waals surface area contributed by atoms with E-state index in [1.165, 1.54) is 0 Å². The predicted molar refractivity (Wildman–Crippen MR) is 64.0 cm³/mol. The zero-order valence-electron chi connectivity index (χ0n) is 10.7. The Morgan fingerprint density at radius 3 is 2.27 bits per heavy atom. The highest BCUT2D eigenvalue weighted by atomic mass is 16.5. The Morgan fingerprint density at radius 2 is 1.87 bits per heavy atom. The Morgan fingerprint density at radius 1 is 1.33 bits per heavy atom. The van der Waals surface area contributed by atoms with Crippen molar-refractivity contribution in [2.75, 3.05) is 13.7 Å². The Hall–Kier alpha value is -0.0551. The molecule has 15 heavy (non-hydrogen) atoms. The van der Waals surface area contributed by atoms with Crippen LogP contribution in [0, 0.1) is 0 Å². The fourth-order valence-electron chi connectivity index (χ4n) is 1.26. The summed E-state index contributed by atoms with van der Waals surface area (Å²) in [5.74, 6) is 0. The van der Waals surface area contributed by atoms with Gasteiger partial charge in [-0.05, 0) is 20.3 Å². The normalized spacial score (nSPS) is 18.5. The molecule has 0 heterocycles. The van der Waals surface area contributed by atoms with Crippen LogP contribution in [-0.2, 0) is 9.47 Å². The van der Waals surface area contributed by atoms with Gasteiger partial charge in [0.2, 0.25) is 0 Å². The maximum atomic E-state index is 5.98. The molecule has 2 unspecified atom stereocenters. The summed E-state index contributed by atoms with van der Waals surface area (Å²) in [6.07, 6.45) is 1.57. The molecule has 0 fully saturated rings. The summed E-state index contributed by atoms with van der Waals surface area (Å²) in [4.78, 5) is 0. The zero-order chi connectivity index (χ0) is 12.1. The van der Waals surface area contributed by atoms with Crippen LogP contribution >= 0.6 is 0 Å². The van der Waals surface area contributed by atoms with E-state index in [-0.39, 0.29) is 11.4 Å². The number of hydrogen-bond acceptors (Lipinski definition) is 3. The molecule has 0 saturated carbocycles. The molecule has 0 aliphatic carbocycles. The second-order valence-corrected chi connectivity index (χ2v) is 5.15. The zero-order valence-corrected chi connectivity index (χ0v) is 10.7. The molecule has 0 amide bonds. The molecule has 2 atom stereocenters. The molecule has 0 bridgehead atoms. The molecule has 0 spiro atoms. The van der Waals surface area contributed by atoms with Crippen LogP contribution in [0.1, 0.15) is 40.5 Å². The van der Waals surface area contributed by atoms with E-state index in [2.05, 4.69) is 0 Å². The summed E-state index contributed by atoms with van der Waals surface area (Å²) in [5, 5.41) is -0.205. The SMILES string of the molecule is [B]C(C)(C)CCOC(C)(N)CC(C)OC. The molecule has 88 valence electrons. The van der Waals surface area contributed by atoms with Gasteiger partial charge in [0, 0.05) is 20.1 Å². The van der Waals surface area contributed by atoms with Crippen molar-refractivity contribution >= 4 is 7.85 Å². The first kappa shape index (κ1) is 14.9. The minimum absolute atomic E-state index is 0.103. The van der Waals surface area contributed by atoms with E-state index in [1.807, 2.05) is 27.7 Å². The van der Waals surface area contributed by atoms with Gasteiger partial charge in [0.1, 0.15) is 5.72 Å². The third-order valence-corrected chi connectivity index (χ3v) is 2.27. The van der Waals surface area contributed by atoms with Crippen molar-refractivity contribution < 1.29 is 9.47 Å². The molecular weight excluding hydrogens is 189 g/mol. The largest absolute Gasteiger partial charge is 0.382 e. The molecule has 4 heteroatoms. The average Bonchev–Trinajstić information content (AvgIpc) is 2.00. The first-order chi connectivity index (χ1) is 6.66. The Kier molecular flexibility index (Phi) is 5.85. The molecular formula is C11H24BNO2. The Labute approximate surface area is 95.1 Å². The molecule has 3 nitrogen and oxygen atoms in total. The first-order valence-electron chi connectivity index (χ1n) is 5.41. The van der Waals surface area contributed by atoms with E-state index >= 15 is 0 Å². The minimum atomic E-state index is -0.638. The maximum absolute atomic E-state index is 5.98. The standard InChI is InChI=1S/C11H24BNO2/c1-9(14-5)8-11(4,13)15-7-6-10(2,3)12/h9H,6-8,13H2,1-5H3. The van der Waals surface area contributed by atoms with E-state index in [0.717, 1.165) is 6.42 Å². The summed E-state index contributed by atoms with van der Waals surface area (Å²) < 4.78 is 10.7. The van der Waals surface area contributed by atoms with Crippen LogP contribution in [0.25, 0.3) is 0 Å². The summed E-state index contributed by atoms with van der Waals surface area (Å²) in [6, 6.07) is 0. The van der Waals surface area contributed by atoms with Crippen molar-refractivity contribution in [3.05, 3.63) is 0 Å². The summed E-state index contributed by atoms with van der Waals surface area (Å²) in [5.41, 5.74) is 5.34. The average molecular weight is 213 g/mol. The van der Waals surface area contributed by atoms with E-state index in [0.29, 0.717) is 13.0 Å². The number of rotatable bonds is 7. The molecule has 0 aliphatic rings. The third kappa shape index (κ3) is 8.91. The maximum Gasteiger partial charge on any atom is 0.116 e. The van der Waals surface area contributed by atoms with Gasteiger partial charge in [-0.1, -0.05) is 19.2 Å². The first-order valence-corrected chi connectivity index (χ1v) is 5.41. The molecule has 0 rings (SSSR count). The topological polar surface area (TPSA) is 44.5 Å². The van der Waals surface area contributed by atoms with Gasteiger partial charge in [-0.25, -0.2) is 0 Å². The lowest BCUT2D eigenvalue weighted by atomic mass is 9.70. The Balaban J connectivity index is 3.84. The number of methoxy groups -OCH3 is 1. The van der Waals surface area contributed by atoms with E-state index in [9.17, 15) is 0 Å². The van der Waals surface area contributed by atoms with Gasteiger partial charge in [-0.2, -0.15) is 0 Å². The Bertz CT molecular complexity index is 178. The lowest BCUT2D eigenvalue weighted by Gasteiger charge is -2.29. The van der Waals surface area contributed by atoms with Gasteiger partial charge in [0.15, 0.2) is 0 Å². The van der Waals surface area contributed by atoms with E-state index in [4.69, 9.17) is 23.1 Å². The molecule has 0 aromatic rings. The summed E-state index contributed by atoms with van der Waals surface area (Å²) in [6.45, 7) is 8.37. The second-order valence-electron chi connectivity index (χ2n) is 5.15. The van der Waals surface area contributed by atoms with Gasteiger partial charge in [-0.15, -0.1) is 0 Å². The van der Waals surface area contributed by atoms with Crippen molar-refractivity contribution in [2.24, 2.45) is 5.73 Å². The van der Waals surface area contributed by atoms with E-state index < -0.39 is 5.72 Å². The molecule has 0 aromatic heterocycles. The minimum Gasteiger partial charge on any atom is -0.382 e. The van der Waals surface area contributed by atoms with Gasteiger partial charge >= 0.3 is 0 Å². The fourth-order valence-corrected chi connectivity index (χ4v) is 1.26. The van der Waals surface area contributed by atoms with Crippen LogP contribution in [0.2, 0.25) is 5.31 Å². The summed E-state index contributed by atoms with van der Waals surface area (Å²) >= 11 is 0. The van der Waals surface area contributed by atoms with Crippen LogP contribution in [0.4, 0.5) is 0 Å². The van der Waals surface area contributed by atoms with Gasteiger partial charge in [-0.3, -0.25) is 0 Å². The monoisotopic (exact) mass is 213 g/mol. The van der Waals surface area contributed by atoms with Gasteiger partial charge < -0.3 is 15.2 Å². The van der Waals surface area contributed by atoms with Crippen LogP contribution in [0.15, 0.2) is 0 Å². The van der Waals surface area contributed by atoms with Gasteiger partial charge in [0.25, 0.3) is 0 Å². The lowest BCUT2D eigenvalue weighted by molar-refractivity contribution is -0.0640. The predicted octanol–water partition coefficient (Wildman–Crippen LogP) is 1.86. The van der Waals surface area contributed by atoms with Crippen molar-refractivity contribution in [1.29, 1.82) is 0 Å². The van der Waals surface area contributed by atoms with Crippen molar-refractivity contribution in [3.8, 4) is 0 Å². The molecule has 0 aliphatic heterocycles. The quantitative estimate of drug-likeness (QED) is 0.518. The summed E-state index contributed by atoms with van der Waals surface area (Å²) in [7, 11) is 7.52. The smallest absolute Gasteiger partial charge is 0.116 e. The van der Waals surface area contributed by atoms with Crippen LogP contribution < -0.4 is 5.73 Å². The van der Waals surface area contributed by atoms with Crippen LogP contribution in [-0.4, -0.2) is 33.4 Å². The molecule has 0 aromatic carbocycles. The number of ether oxygens (including phenoxy) is 2. The number of nitrogens with two attached hydrogens (primary N) is 1. The highest BCUT2D eigenvalue weighted by molar-refractivity contribution is 6.14.